The van der Waals surface area contributed by atoms with E-state index in [-0.39, 0.29) is 18.4 Å². The molecule has 1 unspecified atom stereocenters. The molecule has 1 amide bonds. The molecule has 2 aromatic carbocycles. The zero-order chi connectivity index (χ0) is 18.4. The first-order chi connectivity index (χ1) is 11.8. The van der Waals surface area contributed by atoms with E-state index in [4.69, 9.17) is 16.3 Å². The van der Waals surface area contributed by atoms with Gasteiger partial charge in [-0.25, -0.2) is 0 Å². The van der Waals surface area contributed by atoms with Crippen molar-refractivity contribution < 1.29 is 19.4 Å². The van der Waals surface area contributed by atoms with Crippen molar-refractivity contribution in [1.29, 1.82) is 0 Å². The van der Waals surface area contributed by atoms with Gasteiger partial charge in [-0.15, -0.1) is 0 Å². The Morgan fingerprint density at radius 3 is 2.20 bits per heavy atom. The summed E-state index contributed by atoms with van der Waals surface area (Å²) in [7, 11) is 0. The van der Waals surface area contributed by atoms with E-state index >= 15 is 0 Å². The summed E-state index contributed by atoms with van der Waals surface area (Å²) in [5, 5.41) is 14.3. The fraction of sp³-hybridized carbons (Fsp3) is 0.263. The highest BCUT2D eigenvalue weighted by atomic mass is 35.5. The molecule has 1 N–H and O–H groups in total. The number of carboxylic acids is 1. The first-order valence-corrected chi connectivity index (χ1v) is 8.26. The summed E-state index contributed by atoms with van der Waals surface area (Å²) in [6.07, 6.45) is -0.293. The van der Waals surface area contributed by atoms with E-state index in [1.54, 1.807) is 48.5 Å². The fourth-order valence-corrected chi connectivity index (χ4v) is 2.44. The van der Waals surface area contributed by atoms with E-state index in [0.717, 1.165) is 0 Å². The normalized spacial score (nSPS) is 11.8. The molecule has 0 saturated carbocycles. The van der Waals surface area contributed by atoms with Gasteiger partial charge >= 0.3 is 0 Å². The molecule has 2 rings (SSSR count). The van der Waals surface area contributed by atoms with Gasteiger partial charge in [0.05, 0.1) is 12.1 Å². The number of rotatable bonds is 7. The first-order valence-electron chi connectivity index (χ1n) is 7.88. The summed E-state index contributed by atoms with van der Waals surface area (Å²) in [6, 6.07) is 12.6. The van der Waals surface area contributed by atoms with Gasteiger partial charge in [-0.3, -0.25) is 4.79 Å². The third kappa shape index (κ3) is 5.80. The highest BCUT2D eigenvalue weighted by Gasteiger charge is 2.16. The van der Waals surface area contributed by atoms with Crippen LogP contribution in [0.5, 0.6) is 5.75 Å². The lowest BCUT2D eigenvalue weighted by Gasteiger charge is -2.20. The van der Waals surface area contributed by atoms with Crippen molar-refractivity contribution in [2.24, 2.45) is 0 Å². The van der Waals surface area contributed by atoms with Crippen LogP contribution in [0.4, 0.5) is 0 Å². The Labute approximate surface area is 151 Å². The molecule has 6 heteroatoms. The molecule has 0 aliphatic carbocycles. The third-order valence-electron chi connectivity index (χ3n) is 3.44. The van der Waals surface area contributed by atoms with E-state index in [9.17, 15) is 14.7 Å². The molecule has 0 aliphatic heterocycles. The minimum Gasteiger partial charge on any atom is -0.550 e. The van der Waals surface area contributed by atoms with E-state index in [1.165, 1.54) is 0 Å². The van der Waals surface area contributed by atoms with E-state index < -0.39 is 12.0 Å². The zero-order valence-corrected chi connectivity index (χ0v) is 14.7. The third-order valence-corrected chi connectivity index (χ3v) is 3.69. The molecule has 25 heavy (non-hydrogen) atoms. The second-order valence-corrected chi connectivity index (χ2v) is 6.28. The van der Waals surface area contributed by atoms with Crippen LogP contribution >= 0.6 is 11.6 Å². The number of carbonyl (C=O) groups excluding carboxylic acids is 2. The summed E-state index contributed by atoms with van der Waals surface area (Å²) >= 11 is 5.81. The van der Waals surface area contributed by atoms with Gasteiger partial charge in [0.15, 0.2) is 0 Å². The highest BCUT2D eigenvalue weighted by Crippen LogP contribution is 2.22. The standard InChI is InChI=1S/C19H20ClNO4/c1-12(2)25-16-9-5-13(6-10-16)17(11-18(22)23)21-19(24)14-3-7-15(20)8-4-14/h3-10,12,17H,11H2,1-2H3,(H,21,24)(H,22,23)/p-1. The molecule has 0 heterocycles. The summed E-state index contributed by atoms with van der Waals surface area (Å²) in [4.78, 5) is 23.4. The monoisotopic (exact) mass is 360 g/mol. The Morgan fingerprint density at radius 1 is 1.08 bits per heavy atom. The number of benzene rings is 2. The van der Waals surface area contributed by atoms with Crippen LogP contribution < -0.4 is 15.2 Å². The molecule has 2 aromatic rings. The quantitative estimate of drug-likeness (QED) is 0.823. The van der Waals surface area contributed by atoms with Gasteiger partial charge in [0.2, 0.25) is 0 Å². The van der Waals surface area contributed by atoms with Crippen LogP contribution in [-0.2, 0) is 4.79 Å². The molecule has 0 fully saturated rings. The molecule has 132 valence electrons. The van der Waals surface area contributed by atoms with E-state index in [1.807, 2.05) is 13.8 Å². The molecule has 0 saturated heterocycles. The zero-order valence-electron chi connectivity index (χ0n) is 14.0. The van der Waals surface area contributed by atoms with Gasteiger partial charge in [0, 0.05) is 23.0 Å². The van der Waals surface area contributed by atoms with Gasteiger partial charge in [0.1, 0.15) is 5.75 Å². The number of hydrogen-bond donors (Lipinski definition) is 1. The topological polar surface area (TPSA) is 78.5 Å². The number of nitrogens with one attached hydrogen (secondary N) is 1. The summed E-state index contributed by atoms with van der Waals surface area (Å²) in [5.41, 5.74) is 1.05. The lowest BCUT2D eigenvalue weighted by Crippen LogP contribution is -2.34. The lowest BCUT2D eigenvalue weighted by atomic mass is 10.0. The van der Waals surface area contributed by atoms with Crippen LogP contribution in [0.1, 0.15) is 42.2 Å². The van der Waals surface area contributed by atoms with Crippen molar-refractivity contribution in [2.75, 3.05) is 0 Å². The predicted molar refractivity (Wildman–Crippen MR) is 93.5 cm³/mol. The van der Waals surface area contributed by atoms with Gasteiger partial charge in [0.25, 0.3) is 5.91 Å². The predicted octanol–water partition coefficient (Wildman–Crippen LogP) is 2.74. The molecule has 0 bridgehead atoms. The van der Waals surface area contributed by atoms with Crippen molar-refractivity contribution in [2.45, 2.75) is 32.4 Å². The second-order valence-electron chi connectivity index (χ2n) is 5.84. The van der Waals surface area contributed by atoms with Crippen molar-refractivity contribution in [1.82, 2.24) is 5.32 Å². The van der Waals surface area contributed by atoms with Crippen LogP contribution in [0.15, 0.2) is 48.5 Å². The summed E-state index contributed by atoms with van der Waals surface area (Å²) < 4.78 is 5.56. The Hall–Kier alpha value is -2.53. The van der Waals surface area contributed by atoms with Crippen LogP contribution in [0.3, 0.4) is 0 Å². The maximum absolute atomic E-state index is 12.3. The SMILES string of the molecule is CC(C)Oc1ccc(C(CC(=O)[O-])NC(=O)c2ccc(Cl)cc2)cc1. The van der Waals surface area contributed by atoms with Crippen molar-refractivity contribution >= 4 is 23.5 Å². The number of halogens is 1. The van der Waals surface area contributed by atoms with Gasteiger partial charge in [-0.05, 0) is 55.8 Å². The Kier molecular flexibility index (Phi) is 6.42. The number of amides is 1. The number of ether oxygens (including phenoxy) is 1. The number of hydrogen-bond acceptors (Lipinski definition) is 4. The summed E-state index contributed by atoms with van der Waals surface area (Å²) in [5.74, 6) is -0.954. The van der Waals surface area contributed by atoms with Gasteiger partial charge in [-0.2, -0.15) is 0 Å². The lowest BCUT2D eigenvalue weighted by molar-refractivity contribution is -0.306. The smallest absolute Gasteiger partial charge is 0.251 e. The average Bonchev–Trinajstić information content (AvgIpc) is 2.54. The molecule has 5 nitrogen and oxygen atoms in total. The van der Waals surface area contributed by atoms with E-state index in [0.29, 0.717) is 21.9 Å². The molecule has 0 spiro atoms. The molecular weight excluding hydrogens is 342 g/mol. The Bertz CT molecular complexity index is 726. The first kappa shape index (κ1) is 18.8. The summed E-state index contributed by atoms with van der Waals surface area (Å²) in [6.45, 7) is 3.83. The molecule has 1 atom stereocenters. The fourth-order valence-electron chi connectivity index (χ4n) is 2.31. The molecular formula is C19H19ClNO4-. The average molecular weight is 361 g/mol. The highest BCUT2D eigenvalue weighted by molar-refractivity contribution is 6.30. The Morgan fingerprint density at radius 2 is 1.68 bits per heavy atom. The van der Waals surface area contributed by atoms with Crippen LogP contribution in [-0.4, -0.2) is 18.0 Å². The largest absolute Gasteiger partial charge is 0.550 e. The van der Waals surface area contributed by atoms with E-state index in [2.05, 4.69) is 5.32 Å². The minimum atomic E-state index is -1.25. The molecule has 0 radical (unpaired) electrons. The van der Waals surface area contributed by atoms with Crippen LogP contribution in [0.2, 0.25) is 5.02 Å². The van der Waals surface area contributed by atoms with Crippen molar-refractivity contribution in [3.63, 3.8) is 0 Å². The van der Waals surface area contributed by atoms with Gasteiger partial charge < -0.3 is 20.0 Å². The van der Waals surface area contributed by atoms with Crippen molar-refractivity contribution in [3.8, 4) is 5.75 Å². The molecule has 0 aliphatic rings. The Balaban J connectivity index is 2.16. The second kappa shape index (κ2) is 8.53. The number of carbonyl (C=O) groups is 2. The molecule has 0 aromatic heterocycles. The number of carboxylic acid groups (broad SMARTS) is 1. The van der Waals surface area contributed by atoms with Crippen molar-refractivity contribution in [3.05, 3.63) is 64.7 Å². The van der Waals surface area contributed by atoms with Crippen LogP contribution in [0, 0.1) is 0 Å². The van der Waals surface area contributed by atoms with Crippen LogP contribution in [0.25, 0.3) is 0 Å². The maximum atomic E-state index is 12.3. The number of aliphatic carboxylic acids is 1. The van der Waals surface area contributed by atoms with Gasteiger partial charge in [-0.1, -0.05) is 23.7 Å². The minimum absolute atomic E-state index is 0.0365. The maximum Gasteiger partial charge on any atom is 0.251 e.